The van der Waals surface area contributed by atoms with Crippen LogP contribution < -0.4 is 9.04 Å². The van der Waals surface area contributed by atoms with Crippen LogP contribution in [0.3, 0.4) is 0 Å². The van der Waals surface area contributed by atoms with Gasteiger partial charge in [-0.05, 0) is 24.0 Å². The Labute approximate surface area is 102 Å². The highest BCUT2D eigenvalue weighted by molar-refractivity contribution is 7.92. The molecule has 2 rings (SSSR count). The van der Waals surface area contributed by atoms with E-state index in [4.69, 9.17) is 4.74 Å². The first-order valence-electron chi connectivity index (χ1n) is 5.56. The van der Waals surface area contributed by atoms with E-state index in [1.807, 2.05) is 12.1 Å². The van der Waals surface area contributed by atoms with E-state index in [0.717, 1.165) is 17.7 Å². The molecule has 1 heterocycles. The summed E-state index contributed by atoms with van der Waals surface area (Å²) in [4.78, 5) is 0. The Morgan fingerprint density at radius 3 is 2.71 bits per heavy atom. The first-order valence-corrected chi connectivity index (χ1v) is 7.41. The van der Waals surface area contributed by atoms with Gasteiger partial charge in [0.05, 0.1) is 19.1 Å². The molecule has 94 valence electrons. The maximum atomic E-state index is 11.8. The summed E-state index contributed by atoms with van der Waals surface area (Å²) in [6, 6.07) is 5.61. The third-order valence-electron chi connectivity index (χ3n) is 3.01. The molecule has 0 bridgehead atoms. The number of nitrogens with zero attached hydrogens (tertiary/aromatic N) is 1. The van der Waals surface area contributed by atoms with Crippen molar-refractivity contribution in [3.8, 4) is 5.75 Å². The molecule has 1 unspecified atom stereocenters. The highest BCUT2D eigenvalue weighted by atomic mass is 32.2. The molecule has 1 aliphatic heterocycles. The summed E-state index contributed by atoms with van der Waals surface area (Å²) in [6.45, 7) is 2.60. The minimum atomic E-state index is -3.22. The van der Waals surface area contributed by atoms with Gasteiger partial charge in [-0.3, -0.25) is 4.31 Å². The molecule has 0 radical (unpaired) electrons. The van der Waals surface area contributed by atoms with E-state index in [0.29, 0.717) is 18.2 Å². The lowest BCUT2D eigenvalue weighted by Gasteiger charge is -2.33. The van der Waals surface area contributed by atoms with Crippen molar-refractivity contribution in [1.29, 1.82) is 0 Å². The molecule has 1 aliphatic rings. The van der Waals surface area contributed by atoms with Crippen LogP contribution in [0, 0.1) is 5.92 Å². The van der Waals surface area contributed by atoms with E-state index in [2.05, 4.69) is 6.92 Å². The van der Waals surface area contributed by atoms with Crippen LogP contribution in [0.1, 0.15) is 12.5 Å². The maximum absolute atomic E-state index is 11.8. The van der Waals surface area contributed by atoms with Gasteiger partial charge in [-0.2, -0.15) is 0 Å². The van der Waals surface area contributed by atoms with Crippen LogP contribution in [0.5, 0.6) is 5.75 Å². The fourth-order valence-corrected chi connectivity index (χ4v) is 3.26. The fourth-order valence-electron chi connectivity index (χ4n) is 2.21. The minimum absolute atomic E-state index is 0.339. The molecule has 0 N–H and O–H groups in total. The number of hydrogen-bond acceptors (Lipinski definition) is 3. The van der Waals surface area contributed by atoms with Gasteiger partial charge in [-0.1, -0.05) is 13.0 Å². The first kappa shape index (κ1) is 12.2. The third-order valence-corrected chi connectivity index (χ3v) is 4.15. The summed E-state index contributed by atoms with van der Waals surface area (Å²) in [5, 5.41) is 0. The molecule has 0 saturated carbocycles. The van der Waals surface area contributed by atoms with Crippen molar-refractivity contribution < 1.29 is 13.2 Å². The van der Waals surface area contributed by atoms with Crippen molar-refractivity contribution in [3.05, 3.63) is 23.8 Å². The molecule has 17 heavy (non-hydrogen) atoms. The Morgan fingerprint density at radius 1 is 1.41 bits per heavy atom. The summed E-state index contributed by atoms with van der Waals surface area (Å²) in [5.74, 6) is 1.03. The zero-order valence-corrected chi connectivity index (χ0v) is 11.1. The number of hydrogen-bond donors (Lipinski definition) is 0. The van der Waals surface area contributed by atoms with Gasteiger partial charge in [0.25, 0.3) is 0 Å². The SMILES string of the molecule is COc1ccc2c(c1)N(S(C)(=O)=O)CC(C)C2. The number of methoxy groups -OCH3 is 1. The molecule has 0 amide bonds. The number of sulfonamides is 1. The average molecular weight is 255 g/mol. The second-order valence-corrected chi connectivity index (χ2v) is 6.50. The van der Waals surface area contributed by atoms with Crippen LogP contribution in [0.2, 0.25) is 0 Å². The van der Waals surface area contributed by atoms with E-state index < -0.39 is 10.0 Å². The van der Waals surface area contributed by atoms with Crippen LogP contribution in [-0.2, 0) is 16.4 Å². The lowest BCUT2D eigenvalue weighted by Crippen LogP contribution is -2.38. The number of benzene rings is 1. The van der Waals surface area contributed by atoms with Crippen molar-refractivity contribution in [2.24, 2.45) is 5.92 Å². The molecular formula is C12H17NO3S. The predicted molar refractivity (Wildman–Crippen MR) is 68.1 cm³/mol. The van der Waals surface area contributed by atoms with Crippen LogP contribution in [0.15, 0.2) is 18.2 Å². The summed E-state index contributed by atoms with van der Waals surface area (Å²) in [6.07, 6.45) is 2.15. The molecule has 1 aromatic carbocycles. The van der Waals surface area contributed by atoms with Crippen LogP contribution in [0.25, 0.3) is 0 Å². The Balaban J connectivity index is 2.54. The summed E-state index contributed by atoms with van der Waals surface area (Å²) in [5.41, 5.74) is 1.82. The smallest absolute Gasteiger partial charge is 0.232 e. The van der Waals surface area contributed by atoms with Gasteiger partial charge in [0.2, 0.25) is 10.0 Å². The molecule has 0 fully saturated rings. The van der Waals surface area contributed by atoms with E-state index in [1.54, 1.807) is 13.2 Å². The zero-order valence-electron chi connectivity index (χ0n) is 10.3. The number of rotatable bonds is 2. The van der Waals surface area contributed by atoms with Crippen molar-refractivity contribution in [2.45, 2.75) is 13.3 Å². The predicted octanol–water partition coefficient (Wildman–Crippen LogP) is 1.65. The monoisotopic (exact) mass is 255 g/mol. The van der Waals surface area contributed by atoms with Crippen molar-refractivity contribution in [2.75, 3.05) is 24.2 Å². The molecule has 1 atom stereocenters. The lowest BCUT2D eigenvalue weighted by atomic mass is 9.95. The number of ether oxygens (including phenoxy) is 1. The Kier molecular flexibility index (Phi) is 3.03. The zero-order chi connectivity index (χ0) is 12.6. The number of anilines is 1. The lowest BCUT2D eigenvalue weighted by molar-refractivity contribution is 0.414. The fraction of sp³-hybridized carbons (Fsp3) is 0.500. The van der Waals surface area contributed by atoms with Crippen LogP contribution in [-0.4, -0.2) is 28.3 Å². The quantitative estimate of drug-likeness (QED) is 0.807. The van der Waals surface area contributed by atoms with Gasteiger partial charge >= 0.3 is 0 Å². The van der Waals surface area contributed by atoms with Gasteiger partial charge in [0.15, 0.2) is 0 Å². The van der Waals surface area contributed by atoms with E-state index in [-0.39, 0.29) is 0 Å². The van der Waals surface area contributed by atoms with E-state index >= 15 is 0 Å². The van der Waals surface area contributed by atoms with Crippen LogP contribution in [0.4, 0.5) is 5.69 Å². The Morgan fingerprint density at radius 2 is 2.12 bits per heavy atom. The maximum Gasteiger partial charge on any atom is 0.232 e. The van der Waals surface area contributed by atoms with Crippen LogP contribution >= 0.6 is 0 Å². The normalized spacial score (nSPS) is 19.9. The second kappa shape index (κ2) is 4.22. The van der Waals surface area contributed by atoms with Gasteiger partial charge in [-0.25, -0.2) is 8.42 Å². The summed E-state index contributed by atoms with van der Waals surface area (Å²) in [7, 11) is -1.64. The minimum Gasteiger partial charge on any atom is -0.497 e. The van der Waals surface area contributed by atoms with Gasteiger partial charge in [0.1, 0.15) is 5.75 Å². The Hall–Kier alpha value is -1.23. The molecule has 0 saturated heterocycles. The molecule has 5 heteroatoms. The highest BCUT2D eigenvalue weighted by Gasteiger charge is 2.27. The van der Waals surface area contributed by atoms with Gasteiger partial charge in [0, 0.05) is 12.6 Å². The highest BCUT2D eigenvalue weighted by Crippen LogP contribution is 2.34. The van der Waals surface area contributed by atoms with E-state index in [9.17, 15) is 8.42 Å². The summed E-state index contributed by atoms with van der Waals surface area (Å²) < 4.78 is 30.2. The average Bonchev–Trinajstić information content (AvgIpc) is 2.26. The Bertz CT molecular complexity index is 525. The van der Waals surface area contributed by atoms with E-state index in [1.165, 1.54) is 10.6 Å². The molecular weight excluding hydrogens is 238 g/mol. The molecule has 1 aromatic rings. The molecule has 4 nitrogen and oxygen atoms in total. The van der Waals surface area contributed by atoms with Crippen molar-refractivity contribution in [3.63, 3.8) is 0 Å². The van der Waals surface area contributed by atoms with Crippen molar-refractivity contribution >= 4 is 15.7 Å². The first-order chi connectivity index (χ1) is 7.91. The van der Waals surface area contributed by atoms with Gasteiger partial charge in [-0.15, -0.1) is 0 Å². The molecule has 0 spiro atoms. The largest absolute Gasteiger partial charge is 0.497 e. The number of fused-ring (bicyclic) bond motifs is 1. The second-order valence-electron chi connectivity index (χ2n) is 4.60. The summed E-state index contributed by atoms with van der Waals surface area (Å²) >= 11 is 0. The van der Waals surface area contributed by atoms with Crippen molar-refractivity contribution in [1.82, 2.24) is 0 Å². The molecule has 0 aliphatic carbocycles. The molecule has 0 aromatic heterocycles. The topological polar surface area (TPSA) is 46.6 Å². The third kappa shape index (κ3) is 2.39. The van der Waals surface area contributed by atoms with Gasteiger partial charge < -0.3 is 4.74 Å². The standard InChI is InChI=1S/C12H17NO3S/c1-9-6-10-4-5-11(16-2)7-12(10)13(8-9)17(3,14)15/h4-5,7,9H,6,8H2,1-3H3.